The lowest BCUT2D eigenvalue weighted by Gasteiger charge is -2.26. The van der Waals surface area contributed by atoms with Crippen LogP contribution in [-0.4, -0.2) is 21.0 Å². The molecule has 1 aromatic rings. The smallest absolute Gasteiger partial charge is 0.240 e. The summed E-state index contributed by atoms with van der Waals surface area (Å²) in [6.45, 7) is 5.78. The van der Waals surface area contributed by atoms with Crippen LogP contribution in [0, 0.1) is 6.92 Å². The molecule has 1 saturated carbocycles. The summed E-state index contributed by atoms with van der Waals surface area (Å²) in [6.07, 6.45) is 4.10. The summed E-state index contributed by atoms with van der Waals surface area (Å²) in [6, 6.07) is 5.50. The molecule has 20 heavy (non-hydrogen) atoms. The first-order chi connectivity index (χ1) is 9.53. The van der Waals surface area contributed by atoms with Gasteiger partial charge in [-0.3, -0.25) is 0 Å². The van der Waals surface area contributed by atoms with E-state index in [1.54, 1.807) is 12.1 Å². The van der Waals surface area contributed by atoms with Crippen molar-refractivity contribution in [3.8, 4) is 0 Å². The zero-order valence-electron chi connectivity index (χ0n) is 12.3. The van der Waals surface area contributed by atoms with Crippen LogP contribution in [0.15, 0.2) is 23.1 Å². The van der Waals surface area contributed by atoms with Gasteiger partial charge in [-0.05, 0) is 56.0 Å². The molecule has 0 heterocycles. The van der Waals surface area contributed by atoms with E-state index in [0.717, 1.165) is 43.4 Å². The summed E-state index contributed by atoms with van der Waals surface area (Å²) in [5.41, 5.74) is 2.17. The highest BCUT2D eigenvalue weighted by atomic mass is 32.2. The van der Waals surface area contributed by atoms with Crippen molar-refractivity contribution in [1.82, 2.24) is 10.0 Å². The molecule has 0 amide bonds. The fourth-order valence-electron chi connectivity index (χ4n) is 2.22. The predicted molar refractivity (Wildman–Crippen MR) is 81.1 cm³/mol. The molecule has 112 valence electrons. The number of rotatable bonds is 7. The second-order valence-electron chi connectivity index (χ2n) is 5.51. The quantitative estimate of drug-likeness (QED) is 0.759. The molecule has 0 aromatic heterocycles. The van der Waals surface area contributed by atoms with Crippen LogP contribution >= 0.6 is 0 Å². The van der Waals surface area contributed by atoms with Crippen molar-refractivity contribution in [1.29, 1.82) is 0 Å². The SMILES string of the molecule is CCCNCc1cc(S(=O)(=O)NC2CCC2)ccc1C. The van der Waals surface area contributed by atoms with Crippen molar-refractivity contribution in [2.45, 2.75) is 57.0 Å². The van der Waals surface area contributed by atoms with Gasteiger partial charge in [-0.1, -0.05) is 19.4 Å². The van der Waals surface area contributed by atoms with Gasteiger partial charge in [0.15, 0.2) is 0 Å². The average Bonchev–Trinajstić information content (AvgIpc) is 2.36. The van der Waals surface area contributed by atoms with Crippen LogP contribution in [0.25, 0.3) is 0 Å². The second kappa shape index (κ2) is 6.70. The molecule has 1 aliphatic carbocycles. The van der Waals surface area contributed by atoms with Gasteiger partial charge >= 0.3 is 0 Å². The Labute approximate surface area is 122 Å². The third-order valence-corrected chi connectivity index (χ3v) is 5.32. The Bertz CT molecular complexity index is 551. The lowest BCUT2D eigenvalue weighted by atomic mass is 9.94. The van der Waals surface area contributed by atoms with Gasteiger partial charge in [0.1, 0.15) is 0 Å². The normalized spacial score (nSPS) is 16.1. The standard InChI is InChI=1S/C15H24N2O2S/c1-3-9-16-11-13-10-15(8-7-12(13)2)20(18,19)17-14-5-4-6-14/h7-8,10,14,16-17H,3-6,9,11H2,1-2H3. The number of aryl methyl sites for hydroxylation is 1. The molecule has 5 heteroatoms. The van der Waals surface area contributed by atoms with Gasteiger partial charge in [0.2, 0.25) is 10.0 Å². The van der Waals surface area contributed by atoms with Crippen LogP contribution in [0.4, 0.5) is 0 Å². The Balaban J connectivity index is 2.12. The molecule has 1 aromatic carbocycles. The van der Waals surface area contributed by atoms with E-state index in [0.29, 0.717) is 11.4 Å². The Morgan fingerprint density at radius 2 is 2.05 bits per heavy atom. The summed E-state index contributed by atoms with van der Waals surface area (Å²) in [5.74, 6) is 0. The maximum absolute atomic E-state index is 12.3. The summed E-state index contributed by atoms with van der Waals surface area (Å²) in [7, 11) is -3.37. The van der Waals surface area contributed by atoms with E-state index >= 15 is 0 Å². The molecule has 0 spiro atoms. The first kappa shape index (κ1) is 15.5. The van der Waals surface area contributed by atoms with Crippen LogP contribution in [0.3, 0.4) is 0 Å². The largest absolute Gasteiger partial charge is 0.313 e. The Morgan fingerprint density at radius 3 is 2.65 bits per heavy atom. The summed E-state index contributed by atoms with van der Waals surface area (Å²) < 4.78 is 27.4. The molecular weight excluding hydrogens is 272 g/mol. The number of nitrogens with one attached hydrogen (secondary N) is 2. The highest BCUT2D eigenvalue weighted by molar-refractivity contribution is 7.89. The minimum atomic E-state index is -3.37. The molecule has 0 radical (unpaired) electrons. The van der Waals surface area contributed by atoms with Crippen molar-refractivity contribution in [2.75, 3.05) is 6.54 Å². The first-order valence-electron chi connectivity index (χ1n) is 7.35. The topological polar surface area (TPSA) is 58.2 Å². The molecule has 2 N–H and O–H groups in total. The lowest BCUT2D eigenvalue weighted by molar-refractivity contribution is 0.383. The minimum Gasteiger partial charge on any atom is -0.313 e. The molecule has 0 bridgehead atoms. The van der Waals surface area contributed by atoms with Crippen molar-refractivity contribution < 1.29 is 8.42 Å². The number of hydrogen-bond donors (Lipinski definition) is 2. The van der Waals surface area contributed by atoms with E-state index < -0.39 is 10.0 Å². The van der Waals surface area contributed by atoms with Gasteiger partial charge in [-0.25, -0.2) is 13.1 Å². The van der Waals surface area contributed by atoms with Crippen molar-refractivity contribution in [3.05, 3.63) is 29.3 Å². The average molecular weight is 296 g/mol. The number of benzene rings is 1. The highest BCUT2D eigenvalue weighted by Gasteiger charge is 2.24. The van der Waals surface area contributed by atoms with Crippen LogP contribution in [-0.2, 0) is 16.6 Å². The van der Waals surface area contributed by atoms with E-state index in [-0.39, 0.29) is 6.04 Å². The summed E-state index contributed by atoms with van der Waals surface area (Å²) in [5, 5.41) is 3.32. The van der Waals surface area contributed by atoms with Gasteiger partial charge in [0.05, 0.1) is 4.90 Å². The fraction of sp³-hybridized carbons (Fsp3) is 0.600. The van der Waals surface area contributed by atoms with Crippen molar-refractivity contribution >= 4 is 10.0 Å². The Morgan fingerprint density at radius 1 is 1.30 bits per heavy atom. The third kappa shape index (κ3) is 3.81. The van der Waals surface area contributed by atoms with E-state index in [1.807, 2.05) is 13.0 Å². The van der Waals surface area contributed by atoms with Crippen LogP contribution in [0.1, 0.15) is 43.7 Å². The molecule has 1 fully saturated rings. The molecular formula is C15H24N2O2S. The van der Waals surface area contributed by atoms with Gasteiger partial charge < -0.3 is 5.32 Å². The zero-order chi connectivity index (χ0) is 14.6. The third-order valence-electron chi connectivity index (χ3n) is 3.80. The zero-order valence-corrected chi connectivity index (χ0v) is 13.1. The van der Waals surface area contributed by atoms with Crippen LogP contribution in [0.5, 0.6) is 0 Å². The van der Waals surface area contributed by atoms with E-state index in [1.165, 1.54) is 0 Å². The Hall–Kier alpha value is -0.910. The van der Waals surface area contributed by atoms with Gasteiger partial charge in [0, 0.05) is 12.6 Å². The molecule has 4 nitrogen and oxygen atoms in total. The molecule has 1 aliphatic rings. The van der Waals surface area contributed by atoms with Gasteiger partial charge in [-0.15, -0.1) is 0 Å². The fourth-order valence-corrected chi connectivity index (χ4v) is 3.57. The summed E-state index contributed by atoms with van der Waals surface area (Å²) in [4.78, 5) is 0.378. The maximum atomic E-state index is 12.3. The second-order valence-corrected chi connectivity index (χ2v) is 7.23. The highest BCUT2D eigenvalue weighted by Crippen LogP contribution is 2.22. The van der Waals surface area contributed by atoms with Gasteiger partial charge in [0.25, 0.3) is 0 Å². The molecule has 0 aliphatic heterocycles. The summed E-state index contributed by atoms with van der Waals surface area (Å²) >= 11 is 0. The van der Waals surface area contributed by atoms with Gasteiger partial charge in [-0.2, -0.15) is 0 Å². The van der Waals surface area contributed by atoms with Crippen molar-refractivity contribution in [2.24, 2.45) is 0 Å². The first-order valence-corrected chi connectivity index (χ1v) is 8.84. The maximum Gasteiger partial charge on any atom is 0.240 e. The minimum absolute atomic E-state index is 0.128. The van der Waals surface area contributed by atoms with E-state index in [4.69, 9.17) is 0 Å². The number of hydrogen-bond acceptors (Lipinski definition) is 3. The molecule has 0 atom stereocenters. The van der Waals surface area contributed by atoms with Crippen LogP contribution in [0.2, 0.25) is 0 Å². The lowest BCUT2D eigenvalue weighted by Crippen LogP contribution is -2.39. The molecule has 0 saturated heterocycles. The monoisotopic (exact) mass is 296 g/mol. The molecule has 2 rings (SSSR count). The Kier molecular flexibility index (Phi) is 5.18. The number of sulfonamides is 1. The predicted octanol–water partition coefficient (Wildman–Crippen LogP) is 2.33. The van der Waals surface area contributed by atoms with E-state index in [9.17, 15) is 8.42 Å². The van der Waals surface area contributed by atoms with Crippen molar-refractivity contribution in [3.63, 3.8) is 0 Å². The van der Waals surface area contributed by atoms with Crippen LogP contribution < -0.4 is 10.0 Å². The molecule has 0 unspecified atom stereocenters. The van der Waals surface area contributed by atoms with E-state index in [2.05, 4.69) is 17.0 Å².